The van der Waals surface area contributed by atoms with Crippen molar-refractivity contribution >= 4 is 10.0 Å². The van der Waals surface area contributed by atoms with Crippen LogP contribution in [0.4, 0.5) is 0 Å². The van der Waals surface area contributed by atoms with Crippen LogP contribution in [0.5, 0.6) is 0 Å². The SMILES string of the molecule is CCn1ncc(S(=O)(=O)N[C@@H](c2ccccn2)C2CC(O)C2)c1C. The van der Waals surface area contributed by atoms with Crippen molar-refractivity contribution in [3.05, 3.63) is 42.0 Å². The van der Waals surface area contributed by atoms with Crippen LogP contribution in [0.1, 0.15) is 37.2 Å². The van der Waals surface area contributed by atoms with Gasteiger partial charge in [-0.05, 0) is 44.7 Å². The normalized spacial score (nSPS) is 22.1. The summed E-state index contributed by atoms with van der Waals surface area (Å²) in [6.07, 6.45) is 3.79. The molecule has 2 aromatic rings. The molecule has 130 valence electrons. The number of nitrogens with one attached hydrogen (secondary N) is 1. The van der Waals surface area contributed by atoms with Gasteiger partial charge in [-0.15, -0.1) is 0 Å². The van der Waals surface area contributed by atoms with Gasteiger partial charge in [0, 0.05) is 12.7 Å². The summed E-state index contributed by atoms with van der Waals surface area (Å²) in [7, 11) is -3.72. The van der Waals surface area contributed by atoms with Gasteiger partial charge < -0.3 is 5.11 Å². The lowest BCUT2D eigenvalue weighted by Gasteiger charge is -2.37. The van der Waals surface area contributed by atoms with E-state index >= 15 is 0 Å². The second-order valence-electron chi connectivity index (χ2n) is 6.15. The Bertz CT molecular complexity index is 798. The summed E-state index contributed by atoms with van der Waals surface area (Å²) in [4.78, 5) is 4.48. The highest BCUT2D eigenvalue weighted by Crippen LogP contribution is 2.38. The predicted molar refractivity (Wildman–Crippen MR) is 88.7 cm³/mol. The van der Waals surface area contributed by atoms with E-state index in [2.05, 4.69) is 14.8 Å². The van der Waals surface area contributed by atoms with Crippen LogP contribution in [0.3, 0.4) is 0 Å². The molecule has 0 amide bonds. The number of aryl methyl sites for hydroxylation is 1. The molecule has 0 unspecified atom stereocenters. The first-order valence-electron chi connectivity index (χ1n) is 8.06. The zero-order valence-electron chi connectivity index (χ0n) is 13.8. The van der Waals surface area contributed by atoms with E-state index in [0.29, 0.717) is 30.8 Å². The quantitative estimate of drug-likeness (QED) is 0.821. The standard InChI is InChI=1S/C16H22N4O3S/c1-3-20-11(2)15(10-18-20)24(22,23)19-16(12-8-13(21)9-12)14-6-4-5-7-17-14/h4-7,10,12-13,16,19,21H,3,8-9H2,1-2H3/t12?,13?,16-/m1/s1. The van der Waals surface area contributed by atoms with E-state index in [1.807, 2.05) is 13.0 Å². The monoisotopic (exact) mass is 350 g/mol. The summed E-state index contributed by atoms with van der Waals surface area (Å²) in [5.74, 6) is 0.0335. The fourth-order valence-corrected chi connectivity index (χ4v) is 4.56. The summed E-state index contributed by atoms with van der Waals surface area (Å²) >= 11 is 0. The van der Waals surface area contributed by atoms with E-state index < -0.39 is 16.1 Å². The Morgan fingerprint density at radius 3 is 2.71 bits per heavy atom. The van der Waals surface area contributed by atoms with E-state index in [1.54, 1.807) is 29.9 Å². The molecule has 7 nitrogen and oxygen atoms in total. The Morgan fingerprint density at radius 1 is 1.42 bits per heavy atom. The molecule has 0 radical (unpaired) electrons. The zero-order chi connectivity index (χ0) is 17.3. The van der Waals surface area contributed by atoms with Gasteiger partial charge in [0.1, 0.15) is 4.90 Å². The lowest BCUT2D eigenvalue weighted by molar-refractivity contribution is 0.0273. The Balaban J connectivity index is 1.90. The van der Waals surface area contributed by atoms with Crippen LogP contribution < -0.4 is 4.72 Å². The fraction of sp³-hybridized carbons (Fsp3) is 0.500. The second kappa shape index (κ2) is 6.62. The van der Waals surface area contributed by atoms with Crippen molar-refractivity contribution in [1.82, 2.24) is 19.5 Å². The van der Waals surface area contributed by atoms with Crippen LogP contribution in [-0.4, -0.2) is 34.4 Å². The molecule has 3 rings (SSSR count). The third kappa shape index (κ3) is 3.22. The van der Waals surface area contributed by atoms with Crippen LogP contribution >= 0.6 is 0 Å². The minimum atomic E-state index is -3.72. The molecule has 1 atom stereocenters. The minimum absolute atomic E-state index is 0.0335. The van der Waals surface area contributed by atoms with Gasteiger partial charge in [-0.1, -0.05) is 6.07 Å². The van der Waals surface area contributed by atoms with Crippen LogP contribution in [0.15, 0.2) is 35.5 Å². The third-order valence-electron chi connectivity index (χ3n) is 4.56. The molecule has 0 aromatic carbocycles. The van der Waals surface area contributed by atoms with Gasteiger partial charge in [0.15, 0.2) is 0 Å². The highest BCUT2D eigenvalue weighted by Gasteiger charge is 2.38. The molecule has 0 saturated heterocycles. The molecule has 2 N–H and O–H groups in total. The van der Waals surface area contributed by atoms with E-state index in [0.717, 1.165) is 0 Å². The van der Waals surface area contributed by atoms with Crippen molar-refractivity contribution in [3.63, 3.8) is 0 Å². The molecule has 1 aliphatic carbocycles. The van der Waals surface area contributed by atoms with Gasteiger partial charge in [0.05, 0.1) is 29.7 Å². The van der Waals surface area contributed by atoms with Crippen LogP contribution in [0.25, 0.3) is 0 Å². The number of sulfonamides is 1. The Morgan fingerprint density at radius 2 is 2.17 bits per heavy atom. The average molecular weight is 350 g/mol. The molecular formula is C16H22N4O3S. The molecule has 2 heterocycles. The van der Waals surface area contributed by atoms with Gasteiger partial charge in [-0.3, -0.25) is 9.67 Å². The fourth-order valence-electron chi connectivity index (χ4n) is 3.10. The van der Waals surface area contributed by atoms with Crippen molar-refractivity contribution in [2.45, 2.75) is 50.3 Å². The average Bonchev–Trinajstić information content (AvgIpc) is 2.92. The zero-order valence-corrected chi connectivity index (χ0v) is 14.6. The molecule has 1 saturated carbocycles. The summed E-state index contributed by atoms with van der Waals surface area (Å²) in [6.45, 7) is 4.27. The highest BCUT2D eigenvalue weighted by molar-refractivity contribution is 7.89. The first-order chi connectivity index (χ1) is 11.4. The first-order valence-corrected chi connectivity index (χ1v) is 9.54. The number of hydrogen-bond donors (Lipinski definition) is 2. The third-order valence-corrected chi connectivity index (χ3v) is 6.10. The molecule has 1 fully saturated rings. The van der Waals surface area contributed by atoms with Gasteiger partial charge in [-0.2, -0.15) is 5.10 Å². The van der Waals surface area contributed by atoms with Gasteiger partial charge in [-0.25, -0.2) is 13.1 Å². The van der Waals surface area contributed by atoms with Gasteiger partial charge in [0.25, 0.3) is 0 Å². The number of pyridine rings is 1. The van der Waals surface area contributed by atoms with Gasteiger partial charge >= 0.3 is 0 Å². The molecule has 0 bridgehead atoms. The molecule has 0 aliphatic heterocycles. The Labute approximate surface area is 141 Å². The number of hydrogen-bond acceptors (Lipinski definition) is 5. The van der Waals surface area contributed by atoms with Crippen molar-refractivity contribution in [1.29, 1.82) is 0 Å². The predicted octanol–water partition coefficient (Wildman–Crippen LogP) is 1.40. The molecule has 24 heavy (non-hydrogen) atoms. The lowest BCUT2D eigenvalue weighted by Crippen LogP contribution is -2.41. The Hall–Kier alpha value is -1.77. The number of aromatic nitrogens is 3. The van der Waals surface area contributed by atoms with Crippen molar-refractivity contribution in [2.75, 3.05) is 0 Å². The summed E-state index contributed by atoms with van der Waals surface area (Å²) in [6, 6.07) is 4.98. The number of aliphatic hydroxyl groups is 1. The van der Waals surface area contributed by atoms with Crippen molar-refractivity contribution in [3.8, 4) is 0 Å². The maximum Gasteiger partial charge on any atom is 0.244 e. The summed E-state index contributed by atoms with van der Waals surface area (Å²) in [5, 5.41) is 13.7. The van der Waals surface area contributed by atoms with Gasteiger partial charge in [0.2, 0.25) is 10.0 Å². The van der Waals surface area contributed by atoms with Crippen molar-refractivity contribution in [2.24, 2.45) is 5.92 Å². The molecule has 8 heteroatoms. The molecule has 0 spiro atoms. The highest BCUT2D eigenvalue weighted by atomic mass is 32.2. The number of nitrogens with zero attached hydrogens (tertiary/aromatic N) is 3. The van der Waals surface area contributed by atoms with E-state index in [9.17, 15) is 13.5 Å². The minimum Gasteiger partial charge on any atom is -0.393 e. The topological polar surface area (TPSA) is 97.1 Å². The van der Waals surface area contributed by atoms with E-state index in [4.69, 9.17) is 0 Å². The largest absolute Gasteiger partial charge is 0.393 e. The maximum atomic E-state index is 12.8. The second-order valence-corrected chi connectivity index (χ2v) is 7.83. The van der Waals surface area contributed by atoms with E-state index in [-0.39, 0.29) is 16.9 Å². The summed E-state index contributed by atoms with van der Waals surface area (Å²) < 4.78 is 30.1. The maximum absolute atomic E-state index is 12.8. The number of aliphatic hydroxyl groups excluding tert-OH is 1. The van der Waals surface area contributed by atoms with Crippen LogP contribution in [0, 0.1) is 12.8 Å². The Kier molecular flexibility index (Phi) is 4.71. The number of rotatable bonds is 6. The smallest absolute Gasteiger partial charge is 0.244 e. The summed E-state index contributed by atoms with van der Waals surface area (Å²) in [5.41, 5.74) is 1.27. The molecular weight excluding hydrogens is 328 g/mol. The van der Waals surface area contributed by atoms with Crippen LogP contribution in [0.2, 0.25) is 0 Å². The van der Waals surface area contributed by atoms with E-state index in [1.165, 1.54) is 6.20 Å². The lowest BCUT2D eigenvalue weighted by atomic mass is 9.76. The molecule has 2 aromatic heterocycles. The van der Waals surface area contributed by atoms with Crippen LogP contribution in [-0.2, 0) is 16.6 Å². The van der Waals surface area contributed by atoms with Crippen molar-refractivity contribution < 1.29 is 13.5 Å². The first kappa shape index (κ1) is 17.1. The molecule has 1 aliphatic rings.